The first-order valence-electron chi connectivity index (χ1n) is 5.27. The summed E-state index contributed by atoms with van der Waals surface area (Å²) in [4.78, 5) is 0. The summed E-state index contributed by atoms with van der Waals surface area (Å²) in [5.74, 6) is 0. The molecule has 0 amide bonds. The number of rotatable bonds is 3. The molecule has 2 nitrogen and oxygen atoms in total. The van der Waals surface area contributed by atoms with Crippen molar-refractivity contribution >= 4 is 9.28 Å². The molecule has 86 valence electrons. The molecular weight excluding hydrogens is 192 g/mol. The van der Waals surface area contributed by atoms with Crippen LogP contribution in [0.1, 0.15) is 41.5 Å². The zero-order valence-corrected chi connectivity index (χ0v) is 12.1. The van der Waals surface area contributed by atoms with Crippen LogP contribution in [0.3, 0.4) is 0 Å². The van der Waals surface area contributed by atoms with E-state index in [0.29, 0.717) is 0 Å². The molecule has 0 N–H and O–H groups in total. The molecule has 14 heavy (non-hydrogen) atoms. The van der Waals surface area contributed by atoms with Crippen molar-refractivity contribution in [1.82, 2.24) is 0 Å². The molecule has 0 spiro atoms. The van der Waals surface area contributed by atoms with E-state index in [0.717, 1.165) is 0 Å². The summed E-state index contributed by atoms with van der Waals surface area (Å²) in [6, 6.07) is 0. The largest absolute Gasteiger partial charge is 0.400 e. The molecule has 0 bridgehead atoms. The third-order valence-corrected chi connectivity index (χ3v) is 3.55. The van der Waals surface area contributed by atoms with Crippen LogP contribution in [0, 0.1) is 10.8 Å². The fourth-order valence-corrected chi connectivity index (χ4v) is 3.27. The second-order valence-electron chi connectivity index (χ2n) is 6.05. The Hall–Kier alpha value is 0.137. The van der Waals surface area contributed by atoms with Crippen molar-refractivity contribution in [2.45, 2.75) is 54.2 Å². The standard InChI is InChI=1S/C11H26O2Si/c1-10(2,3)9(11(4,5)6)13-14(8)12-7/h9,14H,1-8H3. The minimum absolute atomic E-state index is 0.165. The highest BCUT2D eigenvalue weighted by molar-refractivity contribution is 6.42. The highest BCUT2D eigenvalue weighted by Gasteiger charge is 2.36. The van der Waals surface area contributed by atoms with Crippen LogP contribution in [0.5, 0.6) is 0 Å². The van der Waals surface area contributed by atoms with Gasteiger partial charge in [0.1, 0.15) is 0 Å². The molecule has 0 aromatic rings. The lowest BCUT2D eigenvalue weighted by molar-refractivity contribution is -0.0179. The van der Waals surface area contributed by atoms with Crippen molar-refractivity contribution in [3.8, 4) is 0 Å². The van der Waals surface area contributed by atoms with Crippen molar-refractivity contribution in [2.24, 2.45) is 10.8 Å². The highest BCUT2D eigenvalue weighted by Crippen LogP contribution is 2.36. The molecule has 0 saturated carbocycles. The van der Waals surface area contributed by atoms with Gasteiger partial charge in [-0.1, -0.05) is 41.5 Å². The molecule has 0 saturated heterocycles. The molecule has 0 aliphatic rings. The third kappa shape index (κ3) is 4.58. The molecule has 0 heterocycles. The molecule has 0 aliphatic carbocycles. The highest BCUT2D eigenvalue weighted by atomic mass is 28.3. The Morgan fingerprint density at radius 2 is 1.29 bits per heavy atom. The molecule has 1 unspecified atom stereocenters. The maximum atomic E-state index is 6.05. The Balaban J connectivity index is 4.59. The van der Waals surface area contributed by atoms with E-state index < -0.39 is 9.28 Å². The molecule has 0 aromatic carbocycles. The van der Waals surface area contributed by atoms with Crippen LogP contribution in [-0.4, -0.2) is 22.5 Å². The van der Waals surface area contributed by atoms with E-state index in [2.05, 4.69) is 48.1 Å². The summed E-state index contributed by atoms with van der Waals surface area (Å²) in [6.07, 6.45) is 0.247. The van der Waals surface area contributed by atoms with Gasteiger partial charge in [0, 0.05) is 7.11 Å². The predicted octanol–water partition coefficient (Wildman–Crippen LogP) is 2.96. The second-order valence-corrected chi connectivity index (χ2v) is 7.93. The molecule has 3 heteroatoms. The van der Waals surface area contributed by atoms with E-state index in [1.165, 1.54) is 0 Å². The average Bonchev–Trinajstić information content (AvgIpc) is 1.95. The van der Waals surface area contributed by atoms with E-state index in [9.17, 15) is 0 Å². The SMILES string of the molecule is CO[SiH](C)OC(C(C)(C)C)C(C)(C)C. The van der Waals surface area contributed by atoms with Crippen LogP contribution >= 0.6 is 0 Å². The molecule has 0 rings (SSSR count). The minimum Gasteiger partial charge on any atom is -0.400 e. The van der Waals surface area contributed by atoms with Crippen LogP contribution < -0.4 is 0 Å². The summed E-state index contributed by atoms with van der Waals surface area (Å²) >= 11 is 0. The number of hydrogen-bond donors (Lipinski definition) is 0. The predicted molar refractivity (Wildman–Crippen MR) is 63.8 cm³/mol. The van der Waals surface area contributed by atoms with E-state index in [4.69, 9.17) is 8.85 Å². The number of hydrogen-bond acceptors (Lipinski definition) is 2. The van der Waals surface area contributed by atoms with E-state index in [-0.39, 0.29) is 16.9 Å². The van der Waals surface area contributed by atoms with E-state index in [1.807, 2.05) is 0 Å². The van der Waals surface area contributed by atoms with Crippen molar-refractivity contribution < 1.29 is 8.85 Å². The van der Waals surface area contributed by atoms with Gasteiger partial charge in [0.25, 0.3) is 0 Å². The first-order valence-corrected chi connectivity index (χ1v) is 7.37. The van der Waals surface area contributed by atoms with Gasteiger partial charge < -0.3 is 8.85 Å². The summed E-state index contributed by atoms with van der Waals surface area (Å²) in [6.45, 7) is 15.4. The Bertz CT molecular complexity index is 153. The van der Waals surface area contributed by atoms with Gasteiger partial charge in [0.05, 0.1) is 6.10 Å². The lowest BCUT2D eigenvalue weighted by Crippen LogP contribution is -2.44. The van der Waals surface area contributed by atoms with Gasteiger partial charge in [0.15, 0.2) is 0 Å². The van der Waals surface area contributed by atoms with Gasteiger partial charge in [-0.25, -0.2) is 0 Å². The van der Waals surface area contributed by atoms with Crippen molar-refractivity contribution in [3.63, 3.8) is 0 Å². The molecule has 0 aromatic heterocycles. The Morgan fingerprint density at radius 1 is 0.929 bits per heavy atom. The van der Waals surface area contributed by atoms with Gasteiger partial charge in [0.2, 0.25) is 0 Å². The maximum Gasteiger partial charge on any atom is 0.318 e. The fraction of sp³-hybridized carbons (Fsp3) is 1.00. The molecule has 0 radical (unpaired) electrons. The zero-order valence-electron chi connectivity index (χ0n) is 11.0. The van der Waals surface area contributed by atoms with Crippen molar-refractivity contribution in [3.05, 3.63) is 0 Å². The first kappa shape index (κ1) is 14.1. The van der Waals surface area contributed by atoms with Gasteiger partial charge in [-0.3, -0.25) is 0 Å². The third-order valence-electron chi connectivity index (χ3n) is 2.23. The van der Waals surface area contributed by atoms with Crippen LogP contribution in [-0.2, 0) is 8.85 Å². The topological polar surface area (TPSA) is 18.5 Å². The van der Waals surface area contributed by atoms with Crippen LogP contribution in [0.15, 0.2) is 0 Å². The Morgan fingerprint density at radius 3 is 1.50 bits per heavy atom. The molecule has 0 fully saturated rings. The van der Waals surface area contributed by atoms with Gasteiger partial charge >= 0.3 is 9.28 Å². The normalized spacial score (nSPS) is 16.1. The lowest BCUT2D eigenvalue weighted by atomic mass is 9.74. The van der Waals surface area contributed by atoms with Gasteiger partial charge in [-0.2, -0.15) is 0 Å². The summed E-state index contributed by atoms with van der Waals surface area (Å²) < 4.78 is 11.3. The Labute approximate surface area is 90.8 Å². The van der Waals surface area contributed by atoms with Crippen LogP contribution in [0.25, 0.3) is 0 Å². The smallest absolute Gasteiger partial charge is 0.318 e. The maximum absolute atomic E-state index is 6.05. The Kier molecular flexibility index (Phi) is 4.82. The summed E-state index contributed by atoms with van der Waals surface area (Å²) in [5.41, 5.74) is 0.329. The van der Waals surface area contributed by atoms with E-state index >= 15 is 0 Å². The first-order chi connectivity index (χ1) is 6.09. The molecule has 1 atom stereocenters. The van der Waals surface area contributed by atoms with Gasteiger partial charge in [-0.15, -0.1) is 0 Å². The van der Waals surface area contributed by atoms with Crippen molar-refractivity contribution in [1.29, 1.82) is 0 Å². The minimum atomic E-state index is -1.44. The van der Waals surface area contributed by atoms with Crippen LogP contribution in [0.4, 0.5) is 0 Å². The molecular formula is C11H26O2Si. The average molecular weight is 218 g/mol. The monoisotopic (exact) mass is 218 g/mol. The second kappa shape index (κ2) is 4.77. The lowest BCUT2D eigenvalue weighted by Gasteiger charge is -2.41. The quantitative estimate of drug-likeness (QED) is 0.678. The summed E-state index contributed by atoms with van der Waals surface area (Å²) in [7, 11) is 0.297. The van der Waals surface area contributed by atoms with Gasteiger partial charge in [-0.05, 0) is 17.4 Å². The summed E-state index contributed by atoms with van der Waals surface area (Å²) in [5, 5.41) is 0. The molecule has 0 aliphatic heterocycles. The zero-order chi connectivity index (χ0) is 11.6. The van der Waals surface area contributed by atoms with E-state index in [1.54, 1.807) is 7.11 Å². The van der Waals surface area contributed by atoms with Crippen molar-refractivity contribution in [2.75, 3.05) is 7.11 Å². The van der Waals surface area contributed by atoms with Crippen LogP contribution in [0.2, 0.25) is 6.55 Å². The fourth-order valence-electron chi connectivity index (χ4n) is 1.95.